The summed E-state index contributed by atoms with van der Waals surface area (Å²) >= 11 is 0. The lowest BCUT2D eigenvalue weighted by Gasteiger charge is -2.40. The molecule has 5 heterocycles. The summed E-state index contributed by atoms with van der Waals surface area (Å²) < 4.78 is 7.63. The van der Waals surface area contributed by atoms with Gasteiger partial charge in [0, 0.05) is 68.6 Å². The molecule has 0 aliphatic carbocycles. The predicted octanol–water partition coefficient (Wildman–Crippen LogP) is 4.71. The summed E-state index contributed by atoms with van der Waals surface area (Å²) in [5.41, 5.74) is 4.68. The SMILES string of the molecule is CCc1ccnc(Cc2nc(Cc3ccn4ccnc4c3)cc(N3CCN(C(=O)OC(C)(C)C)[C@H](C)C3)n2)c1. The van der Waals surface area contributed by atoms with Crippen LogP contribution in [0.2, 0.25) is 0 Å². The van der Waals surface area contributed by atoms with E-state index in [9.17, 15) is 4.79 Å². The van der Waals surface area contributed by atoms with Gasteiger partial charge in [-0.05, 0) is 69.5 Å². The van der Waals surface area contributed by atoms with E-state index in [0.717, 1.165) is 40.7 Å². The third-order valence-electron chi connectivity index (χ3n) is 6.87. The molecule has 1 saturated heterocycles. The smallest absolute Gasteiger partial charge is 0.410 e. The topological polar surface area (TPSA) is 88.8 Å². The van der Waals surface area contributed by atoms with E-state index in [2.05, 4.69) is 53.0 Å². The number of hydrogen-bond donors (Lipinski definition) is 0. The summed E-state index contributed by atoms with van der Waals surface area (Å²) in [7, 11) is 0. The molecule has 0 bridgehead atoms. The number of carbonyl (C=O) groups is 1. The lowest BCUT2D eigenvalue weighted by molar-refractivity contribution is 0.0158. The zero-order valence-electron chi connectivity index (χ0n) is 23.5. The second kappa shape index (κ2) is 11.0. The maximum absolute atomic E-state index is 12.8. The van der Waals surface area contributed by atoms with Crippen molar-refractivity contribution in [2.45, 2.75) is 65.5 Å². The molecule has 0 unspecified atom stereocenters. The predicted molar refractivity (Wildman–Crippen MR) is 151 cm³/mol. The molecule has 4 aromatic heterocycles. The number of pyridine rings is 2. The summed E-state index contributed by atoms with van der Waals surface area (Å²) in [5.74, 6) is 1.62. The Hall–Kier alpha value is -4.01. The van der Waals surface area contributed by atoms with E-state index in [1.165, 1.54) is 5.56 Å². The largest absolute Gasteiger partial charge is 0.444 e. The monoisotopic (exact) mass is 527 g/mol. The molecule has 9 heteroatoms. The highest BCUT2D eigenvalue weighted by molar-refractivity contribution is 5.69. The van der Waals surface area contributed by atoms with E-state index in [0.29, 0.717) is 32.5 Å². The minimum atomic E-state index is -0.521. The lowest BCUT2D eigenvalue weighted by Crippen LogP contribution is -2.55. The standard InChI is InChI=1S/C30H37N7O2/c1-6-22-7-9-31-24(15-22)18-26-33-25(16-23-8-11-35-12-10-32-27(35)17-23)19-28(34-26)36-13-14-37(21(2)20-36)29(38)39-30(3,4)5/h7-12,15,17,19,21H,6,13-14,16,18,20H2,1-5H3/t21-/m1/s1. The van der Waals surface area contributed by atoms with Crippen LogP contribution in [0.1, 0.15) is 63.0 Å². The number of hydrogen-bond acceptors (Lipinski definition) is 7. The molecule has 0 N–H and O–H groups in total. The Morgan fingerprint density at radius 3 is 2.59 bits per heavy atom. The third-order valence-corrected chi connectivity index (χ3v) is 6.87. The van der Waals surface area contributed by atoms with Gasteiger partial charge in [-0.15, -0.1) is 0 Å². The molecule has 1 fully saturated rings. The second-order valence-electron chi connectivity index (χ2n) is 11.2. The van der Waals surface area contributed by atoms with Crippen LogP contribution in [-0.4, -0.2) is 66.6 Å². The van der Waals surface area contributed by atoms with Crippen LogP contribution in [0.4, 0.5) is 10.6 Å². The number of piperazine rings is 1. The Kier molecular flexibility index (Phi) is 7.50. The molecule has 39 heavy (non-hydrogen) atoms. The highest BCUT2D eigenvalue weighted by atomic mass is 16.6. The quantitative estimate of drug-likeness (QED) is 0.359. The average Bonchev–Trinajstić information content (AvgIpc) is 3.35. The van der Waals surface area contributed by atoms with Crippen molar-refractivity contribution in [3.8, 4) is 0 Å². The summed E-state index contributed by atoms with van der Waals surface area (Å²) in [6.07, 6.45) is 9.54. The number of amides is 1. The van der Waals surface area contributed by atoms with Crippen LogP contribution in [0.25, 0.3) is 5.65 Å². The fourth-order valence-corrected chi connectivity index (χ4v) is 4.90. The number of anilines is 1. The molecule has 0 radical (unpaired) electrons. The van der Waals surface area contributed by atoms with Crippen molar-refractivity contribution < 1.29 is 9.53 Å². The molecule has 1 amide bonds. The number of aryl methyl sites for hydroxylation is 1. The highest BCUT2D eigenvalue weighted by Gasteiger charge is 2.31. The second-order valence-corrected chi connectivity index (χ2v) is 11.2. The van der Waals surface area contributed by atoms with Crippen LogP contribution >= 0.6 is 0 Å². The van der Waals surface area contributed by atoms with Gasteiger partial charge < -0.3 is 18.9 Å². The number of imidazole rings is 1. The van der Waals surface area contributed by atoms with Gasteiger partial charge in [-0.1, -0.05) is 6.92 Å². The van der Waals surface area contributed by atoms with Crippen molar-refractivity contribution in [2.75, 3.05) is 24.5 Å². The molecule has 9 nitrogen and oxygen atoms in total. The summed E-state index contributed by atoms with van der Waals surface area (Å²) in [4.78, 5) is 35.7. The van der Waals surface area contributed by atoms with Gasteiger partial charge in [0.2, 0.25) is 0 Å². The first kappa shape index (κ1) is 26.6. The van der Waals surface area contributed by atoms with E-state index in [4.69, 9.17) is 14.7 Å². The normalized spacial score (nSPS) is 16.1. The van der Waals surface area contributed by atoms with Crippen molar-refractivity contribution in [2.24, 2.45) is 0 Å². The van der Waals surface area contributed by atoms with Gasteiger partial charge >= 0.3 is 6.09 Å². The van der Waals surface area contributed by atoms with Gasteiger partial charge in [0.25, 0.3) is 0 Å². The highest BCUT2D eigenvalue weighted by Crippen LogP contribution is 2.22. The van der Waals surface area contributed by atoms with Crippen LogP contribution in [0.15, 0.2) is 55.1 Å². The van der Waals surface area contributed by atoms with Gasteiger partial charge in [0.05, 0.1) is 12.1 Å². The summed E-state index contributed by atoms with van der Waals surface area (Å²) in [5, 5.41) is 0. The first-order valence-corrected chi connectivity index (χ1v) is 13.6. The Bertz CT molecular complexity index is 1460. The molecule has 204 valence electrons. The first-order chi connectivity index (χ1) is 18.7. The van der Waals surface area contributed by atoms with Gasteiger partial charge in [-0.3, -0.25) is 4.98 Å². The number of ether oxygens (including phenoxy) is 1. The van der Waals surface area contributed by atoms with E-state index in [1.54, 1.807) is 6.20 Å². The van der Waals surface area contributed by atoms with Crippen LogP contribution in [0, 0.1) is 0 Å². The van der Waals surface area contributed by atoms with E-state index in [-0.39, 0.29) is 12.1 Å². The van der Waals surface area contributed by atoms with Crippen LogP contribution in [0.5, 0.6) is 0 Å². The minimum Gasteiger partial charge on any atom is -0.444 e. The molecule has 1 aliphatic heterocycles. The molecule has 1 atom stereocenters. The number of rotatable bonds is 6. The molecule has 4 aromatic rings. The van der Waals surface area contributed by atoms with E-state index < -0.39 is 5.60 Å². The Morgan fingerprint density at radius 1 is 0.974 bits per heavy atom. The van der Waals surface area contributed by atoms with Gasteiger partial charge in [0.1, 0.15) is 22.9 Å². The van der Waals surface area contributed by atoms with Crippen molar-refractivity contribution in [1.29, 1.82) is 0 Å². The van der Waals surface area contributed by atoms with Crippen molar-refractivity contribution in [3.63, 3.8) is 0 Å². The maximum atomic E-state index is 12.8. The summed E-state index contributed by atoms with van der Waals surface area (Å²) in [6.45, 7) is 11.8. The van der Waals surface area contributed by atoms with Crippen LogP contribution < -0.4 is 4.90 Å². The number of aromatic nitrogens is 5. The third kappa shape index (κ3) is 6.53. The fraction of sp³-hybridized carbons (Fsp3) is 0.433. The van der Waals surface area contributed by atoms with Crippen molar-refractivity contribution >= 4 is 17.6 Å². The van der Waals surface area contributed by atoms with E-state index in [1.807, 2.05) is 54.7 Å². The van der Waals surface area contributed by atoms with Crippen LogP contribution in [0.3, 0.4) is 0 Å². The van der Waals surface area contributed by atoms with Gasteiger partial charge in [-0.25, -0.2) is 19.7 Å². The zero-order valence-corrected chi connectivity index (χ0v) is 23.5. The lowest BCUT2D eigenvalue weighted by atomic mass is 10.1. The zero-order chi connectivity index (χ0) is 27.6. The molecular weight excluding hydrogens is 490 g/mol. The fourth-order valence-electron chi connectivity index (χ4n) is 4.90. The Morgan fingerprint density at radius 2 is 1.82 bits per heavy atom. The molecule has 0 saturated carbocycles. The maximum Gasteiger partial charge on any atom is 0.410 e. The number of nitrogens with zero attached hydrogens (tertiary/aromatic N) is 7. The van der Waals surface area contributed by atoms with E-state index >= 15 is 0 Å². The van der Waals surface area contributed by atoms with Gasteiger partial charge in [0.15, 0.2) is 0 Å². The number of carbonyl (C=O) groups excluding carboxylic acids is 1. The summed E-state index contributed by atoms with van der Waals surface area (Å²) in [6, 6.07) is 10.4. The average molecular weight is 528 g/mol. The molecular formula is C30H37N7O2. The molecule has 0 spiro atoms. The minimum absolute atomic E-state index is 0.0128. The molecule has 0 aromatic carbocycles. The molecule has 1 aliphatic rings. The Labute approximate surface area is 229 Å². The first-order valence-electron chi connectivity index (χ1n) is 13.6. The van der Waals surface area contributed by atoms with Crippen LogP contribution in [-0.2, 0) is 24.0 Å². The van der Waals surface area contributed by atoms with Crippen molar-refractivity contribution in [3.05, 3.63) is 83.5 Å². The number of fused-ring (bicyclic) bond motifs is 1. The molecule has 5 rings (SSSR count). The van der Waals surface area contributed by atoms with Crippen molar-refractivity contribution in [1.82, 2.24) is 29.2 Å². The Balaban J connectivity index is 1.41. The van der Waals surface area contributed by atoms with Gasteiger partial charge in [-0.2, -0.15) is 0 Å².